The number of rotatable bonds is 5. The number of carbonyl (C=O) groups is 1. The molecule has 2 N–H and O–H groups in total. The van der Waals surface area contributed by atoms with Crippen molar-refractivity contribution in [2.75, 3.05) is 27.2 Å². The van der Waals surface area contributed by atoms with Crippen LogP contribution < -0.4 is 15.4 Å². The lowest BCUT2D eigenvalue weighted by atomic mass is 10.1. The molecule has 1 aliphatic heterocycles. The normalized spacial score (nSPS) is 17.8. The van der Waals surface area contributed by atoms with Crippen molar-refractivity contribution in [3.8, 4) is 5.75 Å². The number of amides is 1. The summed E-state index contributed by atoms with van der Waals surface area (Å²) < 4.78 is 5.37. The monoisotopic (exact) mass is 346 g/mol. The number of ether oxygens (including phenoxy) is 1. The molecular weight excluding hydrogens is 316 g/mol. The SMILES string of the molecule is CN=C(NCc1ccc(C)c(OC)c1)NC1CCN(C(=O)C(C)C)C1. The van der Waals surface area contributed by atoms with Gasteiger partial charge in [-0.1, -0.05) is 26.0 Å². The van der Waals surface area contributed by atoms with Crippen molar-refractivity contribution in [2.24, 2.45) is 10.9 Å². The smallest absolute Gasteiger partial charge is 0.225 e. The molecule has 1 fully saturated rings. The van der Waals surface area contributed by atoms with E-state index < -0.39 is 0 Å². The number of aryl methyl sites for hydroxylation is 1. The van der Waals surface area contributed by atoms with Gasteiger partial charge in [-0.25, -0.2) is 0 Å². The van der Waals surface area contributed by atoms with E-state index in [4.69, 9.17) is 4.74 Å². The summed E-state index contributed by atoms with van der Waals surface area (Å²) in [6.07, 6.45) is 0.942. The van der Waals surface area contributed by atoms with Gasteiger partial charge in [0.15, 0.2) is 5.96 Å². The Labute approximate surface area is 150 Å². The summed E-state index contributed by atoms with van der Waals surface area (Å²) in [5, 5.41) is 6.74. The van der Waals surface area contributed by atoms with Gasteiger partial charge in [0.05, 0.1) is 7.11 Å². The van der Waals surface area contributed by atoms with Gasteiger partial charge < -0.3 is 20.3 Å². The predicted molar refractivity (Wildman–Crippen MR) is 101 cm³/mol. The molecule has 1 heterocycles. The molecule has 1 aliphatic rings. The molecular formula is C19H30N4O2. The summed E-state index contributed by atoms with van der Waals surface area (Å²) in [4.78, 5) is 18.3. The molecule has 1 aromatic rings. The number of aliphatic imine (C=N–C) groups is 1. The lowest BCUT2D eigenvalue weighted by Crippen LogP contribution is -2.45. The molecule has 6 nitrogen and oxygen atoms in total. The van der Waals surface area contributed by atoms with Crippen LogP contribution in [0.4, 0.5) is 0 Å². The Balaban J connectivity index is 1.86. The lowest BCUT2D eigenvalue weighted by molar-refractivity contribution is -0.133. The van der Waals surface area contributed by atoms with Crippen LogP contribution in [-0.2, 0) is 11.3 Å². The summed E-state index contributed by atoms with van der Waals surface area (Å²) in [6.45, 7) is 8.12. The number of carbonyl (C=O) groups excluding carboxylic acids is 1. The third-order valence-corrected chi connectivity index (χ3v) is 4.49. The van der Waals surface area contributed by atoms with E-state index >= 15 is 0 Å². The van der Waals surface area contributed by atoms with Crippen LogP contribution in [0.1, 0.15) is 31.4 Å². The quantitative estimate of drug-likeness (QED) is 0.631. The maximum atomic E-state index is 12.1. The van der Waals surface area contributed by atoms with E-state index in [1.165, 1.54) is 0 Å². The molecule has 0 aliphatic carbocycles. The fourth-order valence-electron chi connectivity index (χ4n) is 2.99. The largest absolute Gasteiger partial charge is 0.496 e. The van der Waals surface area contributed by atoms with Crippen molar-refractivity contribution in [2.45, 2.75) is 39.8 Å². The first-order chi connectivity index (χ1) is 11.9. The molecule has 2 rings (SSSR count). The van der Waals surface area contributed by atoms with Crippen LogP contribution in [0.25, 0.3) is 0 Å². The van der Waals surface area contributed by atoms with Gasteiger partial charge >= 0.3 is 0 Å². The molecule has 0 spiro atoms. The Kier molecular flexibility index (Phi) is 6.67. The first-order valence-corrected chi connectivity index (χ1v) is 8.84. The van der Waals surface area contributed by atoms with E-state index in [0.29, 0.717) is 6.54 Å². The van der Waals surface area contributed by atoms with Crippen LogP contribution in [0, 0.1) is 12.8 Å². The highest BCUT2D eigenvalue weighted by Crippen LogP contribution is 2.18. The molecule has 6 heteroatoms. The summed E-state index contributed by atoms with van der Waals surface area (Å²) in [6, 6.07) is 6.41. The van der Waals surface area contributed by atoms with Crippen molar-refractivity contribution in [3.05, 3.63) is 29.3 Å². The molecule has 138 valence electrons. The molecule has 25 heavy (non-hydrogen) atoms. The first kappa shape index (κ1) is 19.1. The summed E-state index contributed by atoms with van der Waals surface area (Å²) in [5.74, 6) is 1.91. The molecule has 1 unspecified atom stereocenters. The van der Waals surface area contributed by atoms with E-state index in [1.807, 2.05) is 31.7 Å². The third-order valence-electron chi connectivity index (χ3n) is 4.49. The number of nitrogens with zero attached hydrogens (tertiary/aromatic N) is 2. The Hall–Kier alpha value is -2.24. The fraction of sp³-hybridized carbons (Fsp3) is 0.579. The topological polar surface area (TPSA) is 66.0 Å². The average molecular weight is 346 g/mol. The van der Waals surface area contributed by atoms with Gasteiger partial charge in [-0.3, -0.25) is 9.79 Å². The second-order valence-corrected chi connectivity index (χ2v) is 6.80. The molecule has 1 atom stereocenters. The summed E-state index contributed by atoms with van der Waals surface area (Å²) in [7, 11) is 3.45. The van der Waals surface area contributed by atoms with Gasteiger partial charge in [0.25, 0.3) is 0 Å². The van der Waals surface area contributed by atoms with E-state index in [2.05, 4.69) is 27.8 Å². The van der Waals surface area contributed by atoms with Crippen LogP contribution >= 0.6 is 0 Å². The van der Waals surface area contributed by atoms with Gasteiger partial charge in [0.2, 0.25) is 5.91 Å². The minimum atomic E-state index is 0.0488. The maximum Gasteiger partial charge on any atom is 0.225 e. The highest BCUT2D eigenvalue weighted by molar-refractivity contribution is 5.81. The zero-order valence-electron chi connectivity index (χ0n) is 15.9. The highest BCUT2D eigenvalue weighted by Gasteiger charge is 2.27. The standard InChI is InChI=1S/C19H30N4O2/c1-13(2)18(24)23-9-8-16(12-23)22-19(20-4)21-11-15-7-6-14(3)17(10-15)25-5/h6-7,10,13,16H,8-9,11-12H2,1-5H3,(H2,20,21,22). The van der Waals surface area contributed by atoms with Gasteiger partial charge in [-0.2, -0.15) is 0 Å². The van der Waals surface area contributed by atoms with Gasteiger partial charge in [-0.05, 0) is 30.5 Å². The second-order valence-electron chi connectivity index (χ2n) is 6.80. The van der Waals surface area contributed by atoms with E-state index in [1.54, 1.807) is 14.2 Å². The van der Waals surface area contributed by atoms with Crippen LogP contribution in [0.3, 0.4) is 0 Å². The highest BCUT2D eigenvalue weighted by atomic mass is 16.5. The molecule has 1 aromatic carbocycles. The number of guanidine groups is 1. The number of hydrogen-bond donors (Lipinski definition) is 2. The van der Waals surface area contributed by atoms with Crippen LogP contribution in [-0.4, -0.2) is 50.1 Å². The molecule has 1 saturated heterocycles. The molecule has 0 radical (unpaired) electrons. The van der Waals surface area contributed by atoms with Crippen molar-refractivity contribution in [1.82, 2.24) is 15.5 Å². The summed E-state index contributed by atoms with van der Waals surface area (Å²) >= 11 is 0. The van der Waals surface area contributed by atoms with E-state index in [9.17, 15) is 4.79 Å². The Morgan fingerprint density at radius 3 is 2.84 bits per heavy atom. The number of benzene rings is 1. The Morgan fingerprint density at radius 2 is 2.20 bits per heavy atom. The average Bonchev–Trinajstić information content (AvgIpc) is 3.07. The minimum Gasteiger partial charge on any atom is -0.496 e. The van der Waals surface area contributed by atoms with Crippen molar-refractivity contribution < 1.29 is 9.53 Å². The zero-order valence-corrected chi connectivity index (χ0v) is 15.9. The predicted octanol–water partition coefficient (Wildman–Crippen LogP) is 1.93. The Morgan fingerprint density at radius 1 is 1.44 bits per heavy atom. The van der Waals surface area contributed by atoms with Gasteiger partial charge in [-0.15, -0.1) is 0 Å². The zero-order chi connectivity index (χ0) is 18.4. The number of methoxy groups -OCH3 is 1. The molecule has 0 bridgehead atoms. The van der Waals surface area contributed by atoms with Crippen molar-refractivity contribution in [3.63, 3.8) is 0 Å². The van der Waals surface area contributed by atoms with Crippen LogP contribution in [0.2, 0.25) is 0 Å². The van der Waals surface area contributed by atoms with Gasteiger partial charge in [0.1, 0.15) is 5.75 Å². The number of hydrogen-bond acceptors (Lipinski definition) is 3. The second kappa shape index (κ2) is 8.74. The molecule has 1 amide bonds. The van der Waals surface area contributed by atoms with E-state index in [0.717, 1.165) is 42.3 Å². The molecule has 0 aromatic heterocycles. The van der Waals surface area contributed by atoms with E-state index in [-0.39, 0.29) is 17.9 Å². The third kappa shape index (κ3) is 5.11. The first-order valence-electron chi connectivity index (χ1n) is 8.84. The van der Waals surface area contributed by atoms with Crippen LogP contribution in [0.15, 0.2) is 23.2 Å². The van der Waals surface area contributed by atoms with Gasteiger partial charge in [0, 0.05) is 38.6 Å². The Bertz CT molecular complexity index is 628. The van der Waals surface area contributed by atoms with Crippen molar-refractivity contribution >= 4 is 11.9 Å². The fourth-order valence-corrected chi connectivity index (χ4v) is 2.99. The minimum absolute atomic E-state index is 0.0488. The number of nitrogens with one attached hydrogen (secondary N) is 2. The maximum absolute atomic E-state index is 12.1. The molecule has 0 saturated carbocycles. The van der Waals surface area contributed by atoms with Crippen LogP contribution in [0.5, 0.6) is 5.75 Å². The summed E-state index contributed by atoms with van der Waals surface area (Å²) in [5.41, 5.74) is 2.25. The van der Waals surface area contributed by atoms with Crippen molar-refractivity contribution in [1.29, 1.82) is 0 Å². The lowest BCUT2D eigenvalue weighted by Gasteiger charge is -2.20. The number of likely N-dealkylation sites (tertiary alicyclic amines) is 1.